The zero-order valence-electron chi connectivity index (χ0n) is 23.1. The third kappa shape index (κ3) is 4.21. The first kappa shape index (κ1) is 24.8. The molecular formula is C37H33FNO+. The maximum absolute atomic E-state index is 15.5. The van der Waals surface area contributed by atoms with E-state index in [2.05, 4.69) is 97.5 Å². The van der Waals surface area contributed by atoms with Gasteiger partial charge in [-0.05, 0) is 65.6 Å². The molecule has 7 rings (SSSR count). The molecule has 1 aliphatic carbocycles. The molecule has 2 heterocycles. The Morgan fingerprint density at radius 2 is 1.40 bits per heavy atom. The summed E-state index contributed by atoms with van der Waals surface area (Å²) < 4.78 is 24.3. The molecule has 1 aliphatic rings. The second-order valence-electron chi connectivity index (χ2n) is 11.3. The van der Waals surface area contributed by atoms with Crippen LogP contribution in [-0.4, -0.2) is 0 Å². The Morgan fingerprint density at radius 3 is 2.15 bits per heavy atom. The van der Waals surface area contributed by atoms with E-state index in [4.69, 9.17) is 4.42 Å². The van der Waals surface area contributed by atoms with Crippen molar-refractivity contribution in [2.75, 3.05) is 0 Å². The van der Waals surface area contributed by atoms with Crippen molar-refractivity contribution >= 4 is 21.9 Å². The van der Waals surface area contributed by atoms with Crippen LogP contribution in [0.2, 0.25) is 0 Å². The van der Waals surface area contributed by atoms with Gasteiger partial charge in [-0.15, -0.1) is 0 Å². The van der Waals surface area contributed by atoms with Crippen LogP contribution < -0.4 is 4.57 Å². The molecule has 3 heteroatoms. The van der Waals surface area contributed by atoms with Crippen LogP contribution in [0.3, 0.4) is 0 Å². The van der Waals surface area contributed by atoms with Crippen molar-refractivity contribution < 1.29 is 13.4 Å². The van der Waals surface area contributed by atoms with E-state index in [-0.39, 0.29) is 5.82 Å². The first-order valence-corrected chi connectivity index (χ1v) is 14.4. The van der Waals surface area contributed by atoms with Gasteiger partial charge in [0.25, 0.3) is 0 Å². The first-order valence-electron chi connectivity index (χ1n) is 14.4. The Morgan fingerprint density at radius 1 is 0.700 bits per heavy atom. The van der Waals surface area contributed by atoms with Gasteiger partial charge in [0.15, 0.2) is 6.20 Å². The molecule has 0 bridgehead atoms. The maximum atomic E-state index is 15.5. The molecule has 2 aromatic heterocycles. The van der Waals surface area contributed by atoms with E-state index in [9.17, 15) is 0 Å². The van der Waals surface area contributed by atoms with Gasteiger partial charge < -0.3 is 4.42 Å². The van der Waals surface area contributed by atoms with Crippen molar-refractivity contribution in [2.45, 2.75) is 44.9 Å². The highest BCUT2D eigenvalue weighted by Crippen LogP contribution is 2.42. The normalized spacial score (nSPS) is 14.3. The monoisotopic (exact) mass is 526 g/mol. The lowest BCUT2D eigenvalue weighted by atomic mass is 9.83. The molecule has 0 N–H and O–H groups in total. The number of halogens is 1. The Bertz CT molecular complexity index is 1840. The largest absolute Gasteiger partial charge is 0.454 e. The van der Waals surface area contributed by atoms with Crippen LogP contribution >= 0.6 is 0 Å². The molecular weight excluding hydrogens is 493 g/mol. The van der Waals surface area contributed by atoms with Crippen LogP contribution in [0.25, 0.3) is 55.4 Å². The number of fused-ring (bicyclic) bond motifs is 3. The first-order chi connectivity index (χ1) is 19.6. The Kier molecular flexibility index (Phi) is 6.23. The minimum Gasteiger partial charge on any atom is -0.454 e. The second kappa shape index (κ2) is 10.1. The molecule has 0 atom stereocenters. The number of pyridine rings is 1. The molecule has 6 aromatic rings. The van der Waals surface area contributed by atoms with Gasteiger partial charge in [0.05, 0.1) is 11.1 Å². The highest BCUT2D eigenvalue weighted by molar-refractivity contribution is 6.13. The van der Waals surface area contributed by atoms with E-state index in [0.717, 1.165) is 44.3 Å². The van der Waals surface area contributed by atoms with Gasteiger partial charge in [-0.25, -0.2) is 8.96 Å². The van der Waals surface area contributed by atoms with Crippen LogP contribution in [-0.2, 0) is 7.05 Å². The third-order valence-corrected chi connectivity index (χ3v) is 8.76. The highest BCUT2D eigenvalue weighted by atomic mass is 19.1. The molecule has 0 radical (unpaired) electrons. The number of benzene rings is 4. The zero-order chi connectivity index (χ0) is 27.2. The van der Waals surface area contributed by atoms with Crippen molar-refractivity contribution in [1.82, 2.24) is 0 Å². The summed E-state index contributed by atoms with van der Waals surface area (Å²) in [4.78, 5) is 0. The summed E-state index contributed by atoms with van der Waals surface area (Å²) in [6.07, 6.45) is 8.53. The van der Waals surface area contributed by atoms with Crippen LogP contribution in [0.1, 0.15) is 49.1 Å². The van der Waals surface area contributed by atoms with E-state index in [1.807, 2.05) is 12.1 Å². The van der Waals surface area contributed by atoms with Crippen LogP contribution in [0, 0.1) is 12.7 Å². The van der Waals surface area contributed by atoms with Gasteiger partial charge in [-0.3, -0.25) is 0 Å². The maximum Gasteiger partial charge on any atom is 0.216 e. The fourth-order valence-electron chi connectivity index (χ4n) is 6.55. The molecule has 40 heavy (non-hydrogen) atoms. The predicted octanol–water partition coefficient (Wildman–Crippen LogP) is 9.91. The molecule has 0 unspecified atom stereocenters. The molecule has 4 aromatic carbocycles. The molecule has 1 fully saturated rings. The lowest BCUT2D eigenvalue weighted by molar-refractivity contribution is -0.660. The molecule has 0 aliphatic heterocycles. The average Bonchev–Trinajstić information content (AvgIpc) is 3.37. The topological polar surface area (TPSA) is 17.0 Å². The van der Waals surface area contributed by atoms with Crippen molar-refractivity contribution in [1.29, 1.82) is 0 Å². The molecule has 0 amide bonds. The molecule has 0 saturated heterocycles. The number of furan rings is 1. The number of hydrogen-bond donors (Lipinski definition) is 0. The van der Waals surface area contributed by atoms with Gasteiger partial charge in [0, 0.05) is 22.9 Å². The smallest absolute Gasteiger partial charge is 0.216 e. The lowest BCUT2D eigenvalue weighted by Crippen LogP contribution is -2.30. The van der Waals surface area contributed by atoms with Gasteiger partial charge >= 0.3 is 0 Å². The van der Waals surface area contributed by atoms with E-state index in [1.54, 1.807) is 6.07 Å². The van der Waals surface area contributed by atoms with Gasteiger partial charge in [0.1, 0.15) is 24.0 Å². The van der Waals surface area contributed by atoms with Crippen molar-refractivity contribution in [3.8, 4) is 33.5 Å². The lowest BCUT2D eigenvalue weighted by Gasteiger charge is -2.22. The molecule has 198 valence electrons. The third-order valence-electron chi connectivity index (χ3n) is 8.76. The SMILES string of the molecule is Cc1ccc2c(oc3c(-c4ccc(C5CCCCC5)cc4)c(F)ccc32)c1-c1cc(-c2ccccc2)cc[n+]1C. The van der Waals surface area contributed by atoms with Crippen molar-refractivity contribution in [3.63, 3.8) is 0 Å². The standard InChI is InChI=1S/C37H33FNO/c1-24-13-18-30-31-19-20-32(38)35(28-16-14-27(15-17-28)25-9-5-3-6-10-25)37(31)40-36(30)34(24)33-23-29(21-22-39(33)2)26-11-7-4-8-12-26/h4,7-8,11-23,25H,3,5-6,9-10H2,1-2H3/q+1. The Labute approximate surface area is 234 Å². The summed E-state index contributed by atoms with van der Waals surface area (Å²) in [5, 5.41) is 1.94. The molecule has 2 nitrogen and oxygen atoms in total. The van der Waals surface area contributed by atoms with E-state index < -0.39 is 0 Å². The summed E-state index contributed by atoms with van der Waals surface area (Å²) in [6.45, 7) is 2.11. The summed E-state index contributed by atoms with van der Waals surface area (Å²) in [7, 11) is 2.06. The minimum absolute atomic E-state index is 0.258. The average molecular weight is 527 g/mol. The van der Waals surface area contributed by atoms with Crippen molar-refractivity contribution in [3.05, 3.63) is 114 Å². The van der Waals surface area contributed by atoms with Gasteiger partial charge in [-0.2, -0.15) is 0 Å². The van der Waals surface area contributed by atoms with Gasteiger partial charge in [0.2, 0.25) is 5.69 Å². The Balaban J connectivity index is 1.40. The summed E-state index contributed by atoms with van der Waals surface area (Å²) >= 11 is 0. The quantitative estimate of drug-likeness (QED) is 0.209. The molecule has 1 saturated carbocycles. The van der Waals surface area contributed by atoms with Gasteiger partial charge in [-0.1, -0.05) is 86.0 Å². The van der Waals surface area contributed by atoms with Crippen LogP contribution in [0.15, 0.2) is 102 Å². The fraction of sp³-hybridized carbons (Fsp3) is 0.216. The number of aromatic nitrogens is 1. The number of rotatable bonds is 4. The second-order valence-corrected chi connectivity index (χ2v) is 11.3. The summed E-state index contributed by atoms with van der Waals surface area (Å²) in [6, 6.07) is 31.0. The van der Waals surface area contributed by atoms with Crippen molar-refractivity contribution in [2.24, 2.45) is 7.05 Å². The highest BCUT2D eigenvalue weighted by Gasteiger charge is 2.24. The van der Waals surface area contributed by atoms with E-state index >= 15 is 4.39 Å². The summed E-state index contributed by atoms with van der Waals surface area (Å²) in [5.41, 5.74) is 9.68. The summed E-state index contributed by atoms with van der Waals surface area (Å²) in [5.74, 6) is 0.361. The van der Waals surface area contributed by atoms with E-state index in [1.165, 1.54) is 43.2 Å². The van der Waals surface area contributed by atoms with Crippen LogP contribution in [0.4, 0.5) is 4.39 Å². The Hall–Kier alpha value is -4.24. The molecule has 0 spiro atoms. The fourth-order valence-corrected chi connectivity index (χ4v) is 6.55. The van der Waals surface area contributed by atoms with E-state index in [0.29, 0.717) is 17.1 Å². The van der Waals surface area contributed by atoms with Crippen LogP contribution in [0.5, 0.6) is 0 Å². The zero-order valence-corrected chi connectivity index (χ0v) is 23.1. The predicted molar refractivity (Wildman–Crippen MR) is 162 cm³/mol. The number of hydrogen-bond acceptors (Lipinski definition) is 1. The number of nitrogens with zero attached hydrogens (tertiary/aromatic N) is 1. The number of aryl methyl sites for hydroxylation is 2. The minimum atomic E-state index is -0.258.